The first-order valence-corrected chi connectivity index (χ1v) is 12.1. The van der Waals surface area contributed by atoms with Crippen LogP contribution in [0.5, 0.6) is 0 Å². The fourth-order valence-electron chi connectivity index (χ4n) is 4.89. The van der Waals surface area contributed by atoms with Gasteiger partial charge in [-0.2, -0.15) is 0 Å². The highest BCUT2D eigenvalue weighted by atomic mass is 16.5. The number of ether oxygens (including phenoxy) is 1. The first kappa shape index (κ1) is 24.3. The van der Waals surface area contributed by atoms with E-state index < -0.39 is 0 Å². The number of hydrogen-bond donors (Lipinski definition) is 0. The van der Waals surface area contributed by atoms with E-state index in [2.05, 4.69) is 66.7 Å². The van der Waals surface area contributed by atoms with Crippen LogP contribution in [0.4, 0.5) is 0 Å². The van der Waals surface area contributed by atoms with E-state index in [1.807, 2.05) is 31.2 Å². The van der Waals surface area contributed by atoms with E-state index in [1.165, 1.54) is 40.7 Å². The van der Waals surface area contributed by atoms with E-state index in [4.69, 9.17) is 4.74 Å². The molecule has 2 nitrogen and oxygen atoms in total. The molecule has 2 heteroatoms. The lowest BCUT2D eigenvalue weighted by Crippen LogP contribution is -2.34. The SMILES string of the molecule is CCOC(=O)c1ccc(C=C(C)c2cc3c(cc2CC(C)C)C(C)(C)CCC3(C)C)cc1. The molecule has 0 unspecified atom stereocenters. The van der Waals surface area contributed by atoms with E-state index in [-0.39, 0.29) is 16.8 Å². The minimum absolute atomic E-state index is 0.192. The summed E-state index contributed by atoms with van der Waals surface area (Å²) in [5.74, 6) is 0.335. The minimum Gasteiger partial charge on any atom is -0.462 e. The molecule has 0 fully saturated rings. The van der Waals surface area contributed by atoms with Gasteiger partial charge in [-0.3, -0.25) is 0 Å². The van der Waals surface area contributed by atoms with Gasteiger partial charge in [0.25, 0.3) is 0 Å². The first-order chi connectivity index (χ1) is 14.9. The Bertz CT molecular complexity index is 1000. The van der Waals surface area contributed by atoms with Gasteiger partial charge in [-0.25, -0.2) is 4.79 Å². The largest absolute Gasteiger partial charge is 0.462 e. The van der Waals surface area contributed by atoms with Gasteiger partial charge in [0.2, 0.25) is 0 Å². The van der Waals surface area contributed by atoms with Crippen molar-refractivity contribution in [2.75, 3.05) is 6.61 Å². The molecule has 0 saturated heterocycles. The van der Waals surface area contributed by atoms with Gasteiger partial charge in [0, 0.05) is 0 Å². The number of rotatable bonds is 6. The number of carbonyl (C=O) groups excluding carboxylic acids is 1. The Morgan fingerprint density at radius 1 is 1.00 bits per heavy atom. The molecule has 0 aliphatic heterocycles. The van der Waals surface area contributed by atoms with Crippen molar-refractivity contribution >= 4 is 17.6 Å². The second-order valence-electron chi connectivity index (χ2n) is 11.1. The molecular weight excluding hydrogens is 392 g/mol. The van der Waals surface area contributed by atoms with Crippen LogP contribution in [-0.2, 0) is 22.0 Å². The number of hydrogen-bond acceptors (Lipinski definition) is 2. The second-order valence-corrected chi connectivity index (χ2v) is 11.1. The Morgan fingerprint density at radius 3 is 2.09 bits per heavy atom. The number of esters is 1. The van der Waals surface area contributed by atoms with E-state index >= 15 is 0 Å². The summed E-state index contributed by atoms with van der Waals surface area (Å²) in [6, 6.07) is 12.7. The Morgan fingerprint density at radius 2 is 1.56 bits per heavy atom. The van der Waals surface area contributed by atoms with E-state index in [1.54, 1.807) is 0 Å². The van der Waals surface area contributed by atoms with Crippen LogP contribution in [0.2, 0.25) is 0 Å². The molecule has 1 aliphatic rings. The van der Waals surface area contributed by atoms with Crippen molar-refractivity contribution in [3.8, 4) is 0 Å². The fraction of sp³-hybridized carbons (Fsp3) is 0.500. The van der Waals surface area contributed by atoms with E-state index in [9.17, 15) is 4.79 Å². The highest BCUT2D eigenvalue weighted by molar-refractivity contribution is 5.90. The standard InChI is InChI=1S/C30H40O2/c1-9-32-28(31)23-12-10-22(11-13-23)17-21(4)25-19-27-26(18-24(25)16-20(2)3)29(5,6)14-15-30(27,7)8/h10-13,17-20H,9,14-16H2,1-8H3. The van der Waals surface area contributed by atoms with Crippen molar-refractivity contribution in [3.63, 3.8) is 0 Å². The van der Waals surface area contributed by atoms with Crippen LogP contribution < -0.4 is 0 Å². The Kier molecular flexibility index (Phi) is 7.03. The second kappa shape index (κ2) is 9.25. The zero-order chi connectivity index (χ0) is 23.7. The molecule has 2 aromatic rings. The summed E-state index contributed by atoms with van der Waals surface area (Å²) in [4.78, 5) is 12.0. The van der Waals surface area contributed by atoms with Crippen molar-refractivity contribution in [1.29, 1.82) is 0 Å². The molecule has 0 N–H and O–H groups in total. The van der Waals surface area contributed by atoms with Crippen LogP contribution in [0, 0.1) is 5.92 Å². The Hall–Kier alpha value is -2.35. The van der Waals surface area contributed by atoms with Gasteiger partial charge in [0.15, 0.2) is 0 Å². The Labute approximate surface area is 195 Å². The van der Waals surface area contributed by atoms with Gasteiger partial charge in [0.1, 0.15) is 0 Å². The van der Waals surface area contributed by atoms with Gasteiger partial charge in [-0.05, 0) is 95.4 Å². The van der Waals surface area contributed by atoms with Crippen LogP contribution in [0.15, 0.2) is 36.4 Å². The maximum absolute atomic E-state index is 12.0. The van der Waals surface area contributed by atoms with Crippen LogP contribution in [0.1, 0.15) is 106 Å². The molecule has 0 saturated carbocycles. The van der Waals surface area contributed by atoms with E-state index in [0.717, 1.165) is 12.0 Å². The third-order valence-corrected chi connectivity index (χ3v) is 6.93. The van der Waals surface area contributed by atoms with E-state index in [0.29, 0.717) is 18.1 Å². The van der Waals surface area contributed by atoms with Gasteiger partial charge in [-0.15, -0.1) is 0 Å². The third kappa shape index (κ3) is 5.17. The normalized spacial score (nSPS) is 17.2. The van der Waals surface area contributed by atoms with Crippen molar-refractivity contribution < 1.29 is 9.53 Å². The predicted octanol–water partition coefficient (Wildman–Crippen LogP) is 7.97. The monoisotopic (exact) mass is 432 g/mol. The highest BCUT2D eigenvalue weighted by Crippen LogP contribution is 2.47. The maximum atomic E-state index is 12.0. The zero-order valence-electron chi connectivity index (χ0n) is 21.3. The lowest BCUT2D eigenvalue weighted by Gasteiger charge is -2.42. The number of allylic oxidation sites excluding steroid dienone is 1. The lowest BCUT2D eigenvalue weighted by atomic mass is 9.62. The predicted molar refractivity (Wildman–Crippen MR) is 136 cm³/mol. The van der Waals surface area contributed by atoms with Crippen LogP contribution in [0.3, 0.4) is 0 Å². The summed E-state index contributed by atoms with van der Waals surface area (Å²) >= 11 is 0. The molecule has 0 spiro atoms. The molecule has 0 aromatic heterocycles. The number of carbonyl (C=O) groups is 1. The van der Waals surface area contributed by atoms with Crippen molar-refractivity contribution in [3.05, 3.63) is 69.8 Å². The molecule has 0 amide bonds. The minimum atomic E-state index is -0.265. The van der Waals surface area contributed by atoms with Crippen molar-refractivity contribution in [2.45, 2.75) is 85.5 Å². The highest BCUT2D eigenvalue weighted by Gasteiger charge is 2.37. The van der Waals surface area contributed by atoms with Gasteiger partial charge < -0.3 is 4.74 Å². The van der Waals surface area contributed by atoms with Crippen LogP contribution >= 0.6 is 0 Å². The molecule has 0 heterocycles. The molecule has 1 aliphatic carbocycles. The molecule has 0 bridgehead atoms. The van der Waals surface area contributed by atoms with Gasteiger partial charge in [-0.1, -0.05) is 71.9 Å². The quantitative estimate of drug-likeness (QED) is 0.342. The average molecular weight is 433 g/mol. The smallest absolute Gasteiger partial charge is 0.338 e. The van der Waals surface area contributed by atoms with Crippen LogP contribution in [-0.4, -0.2) is 12.6 Å². The fourth-order valence-corrected chi connectivity index (χ4v) is 4.89. The Balaban J connectivity index is 2.06. The average Bonchev–Trinajstić information content (AvgIpc) is 2.71. The lowest BCUT2D eigenvalue weighted by molar-refractivity contribution is 0.0526. The summed E-state index contributed by atoms with van der Waals surface area (Å²) in [7, 11) is 0. The van der Waals surface area contributed by atoms with Gasteiger partial charge >= 0.3 is 5.97 Å². The summed E-state index contributed by atoms with van der Waals surface area (Å²) in [5, 5.41) is 0. The molecule has 0 atom stereocenters. The molecule has 2 aromatic carbocycles. The molecule has 0 radical (unpaired) electrons. The molecule has 3 rings (SSSR count). The van der Waals surface area contributed by atoms with Crippen molar-refractivity contribution in [2.24, 2.45) is 5.92 Å². The number of fused-ring (bicyclic) bond motifs is 1. The molecule has 172 valence electrons. The third-order valence-electron chi connectivity index (χ3n) is 6.93. The molecule has 32 heavy (non-hydrogen) atoms. The summed E-state index contributed by atoms with van der Waals surface area (Å²) in [6.45, 7) is 18.6. The summed E-state index contributed by atoms with van der Waals surface area (Å²) in [6.07, 6.45) is 5.76. The maximum Gasteiger partial charge on any atom is 0.338 e. The zero-order valence-corrected chi connectivity index (χ0v) is 21.3. The molecular formula is C30H40O2. The summed E-state index contributed by atoms with van der Waals surface area (Å²) in [5.41, 5.74) is 9.21. The van der Waals surface area contributed by atoms with Crippen LogP contribution in [0.25, 0.3) is 11.6 Å². The first-order valence-electron chi connectivity index (χ1n) is 12.1. The topological polar surface area (TPSA) is 26.3 Å². The number of benzene rings is 2. The van der Waals surface area contributed by atoms with Gasteiger partial charge in [0.05, 0.1) is 12.2 Å². The summed E-state index contributed by atoms with van der Waals surface area (Å²) < 4.78 is 5.11. The van der Waals surface area contributed by atoms with Crippen molar-refractivity contribution in [1.82, 2.24) is 0 Å².